The van der Waals surface area contributed by atoms with Crippen LogP contribution in [-0.2, 0) is 9.53 Å². The van der Waals surface area contributed by atoms with E-state index in [9.17, 15) is 4.79 Å². The lowest BCUT2D eigenvalue weighted by atomic mass is 10.1. The lowest BCUT2D eigenvalue weighted by molar-refractivity contribution is -0.144. The van der Waals surface area contributed by atoms with E-state index in [4.69, 9.17) is 20.7 Å². The van der Waals surface area contributed by atoms with Crippen molar-refractivity contribution in [1.82, 2.24) is 5.32 Å². The summed E-state index contributed by atoms with van der Waals surface area (Å²) in [5.41, 5.74) is 5.39. The van der Waals surface area contributed by atoms with E-state index in [1.54, 1.807) is 6.92 Å². The normalized spacial score (nSPS) is 11.6. The molecule has 0 unspecified atom stereocenters. The van der Waals surface area contributed by atoms with Crippen molar-refractivity contribution in [3.63, 3.8) is 0 Å². The summed E-state index contributed by atoms with van der Waals surface area (Å²) in [6.45, 7) is 5.84. The quantitative estimate of drug-likeness (QED) is 0.248. The standard InChI is InChI=1S/C15H31NO2.C4H11NO2/c1-3-4-5-6-7-8-9-10-11-12-13-18-15(17)14(2)16;6-3-1-5-2-4-7/h14H,3-13,16H2,1-2H3;5-7H,1-4H2/t14-;/m0./s1. The summed E-state index contributed by atoms with van der Waals surface area (Å²) in [5.74, 6) is -0.286. The largest absolute Gasteiger partial charge is 0.465 e. The predicted octanol–water partition coefficient (Wildman–Crippen LogP) is 2.36. The number of esters is 1. The van der Waals surface area contributed by atoms with Crippen LogP contribution in [0.5, 0.6) is 0 Å². The Hall–Kier alpha value is -0.690. The highest BCUT2D eigenvalue weighted by Crippen LogP contribution is 2.10. The number of ether oxygens (including phenoxy) is 1. The molecular formula is C19H42N2O4. The van der Waals surface area contributed by atoms with Gasteiger partial charge in [0.25, 0.3) is 0 Å². The molecule has 0 fully saturated rings. The zero-order chi connectivity index (χ0) is 19.2. The first-order chi connectivity index (χ1) is 12.1. The first-order valence-electron chi connectivity index (χ1n) is 9.94. The van der Waals surface area contributed by atoms with Gasteiger partial charge >= 0.3 is 5.97 Å². The number of nitrogens with one attached hydrogen (secondary N) is 1. The van der Waals surface area contributed by atoms with Gasteiger partial charge in [0.05, 0.1) is 19.8 Å². The Morgan fingerprint density at radius 1 is 0.920 bits per heavy atom. The number of hydrogen-bond acceptors (Lipinski definition) is 6. The number of carbonyl (C=O) groups excluding carboxylic acids is 1. The fourth-order valence-corrected chi connectivity index (χ4v) is 2.18. The van der Waals surface area contributed by atoms with E-state index in [0.717, 1.165) is 12.8 Å². The summed E-state index contributed by atoms with van der Waals surface area (Å²) in [6, 6.07) is -0.492. The minimum Gasteiger partial charge on any atom is -0.465 e. The molecule has 1 atom stereocenters. The van der Waals surface area contributed by atoms with Gasteiger partial charge in [0.1, 0.15) is 6.04 Å². The molecule has 0 saturated carbocycles. The number of aliphatic hydroxyl groups is 2. The molecule has 152 valence electrons. The molecule has 0 aromatic rings. The zero-order valence-corrected chi connectivity index (χ0v) is 16.5. The van der Waals surface area contributed by atoms with Crippen LogP contribution in [0.4, 0.5) is 0 Å². The van der Waals surface area contributed by atoms with Gasteiger partial charge in [-0.15, -0.1) is 0 Å². The third kappa shape index (κ3) is 25.7. The van der Waals surface area contributed by atoms with Crippen LogP contribution >= 0.6 is 0 Å². The molecule has 6 nitrogen and oxygen atoms in total. The summed E-state index contributed by atoms with van der Waals surface area (Å²) in [6.07, 6.45) is 12.9. The molecule has 0 bridgehead atoms. The van der Waals surface area contributed by atoms with Gasteiger partial charge in [0.15, 0.2) is 0 Å². The molecule has 0 heterocycles. The summed E-state index contributed by atoms with van der Waals surface area (Å²) >= 11 is 0. The highest BCUT2D eigenvalue weighted by molar-refractivity contribution is 5.74. The molecule has 6 heteroatoms. The second kappa shape index (κ2) is 23.3. The van der Waals surface area contributed by atoms with E-state index in [0.29, 0.717) is 19.7 Å². The van der Waals surface area contributed by atoms with Gasteiger partial charge in [0.2, 0.25) is 0 Å². The van der Waals surface area contributed by atoms with Crippen LogP contribution in [-0.4, -0.2) is 55.1 Å². The van der Waals surface area contributed by atoms with Crippen LogP contribution in [0.25, 0.3) is 0 Å². The number of aliphatic hydroxyl groups excluding tert-OH is 2. The lowest BCUT2D eigenvalue weighted by Crippen LogP contribution is -2.28. The number of carbonyl (C=O) groups is 1. The second-order valence-electron chi connectivity index (χ2n) is 6.34. The van der Waals surface area contributed by atoms with Crippen LogP contribution in [0.3, 0.4) is 0 Å². The van der Waals surface area contributed by atoms with E-state index in [1.165, 1.54) is 51.4 Å². The molecule has 0 aliphatic rings. The van der Waals surface area contributed by atoms with Crippen LogP contribution in [0.15, 0.2) is 0 Å². The first-order valence-corrected chi connectivity index (χ1v) is 9.94. The van der Waals surface area contributed by atoms with E-state index in [-0.39, 0.29) is 19.2 Å². The average Bonchev–Trinajstić information content (AvgIpc) is 2.60. The zero-order valence-electron chi connectivity index (χ0n) is 16.5. The van der Waals surface area contributed by atoms with E-state index in [2.05, 4.69) is 12.2 Å². The van der Waals surface area contributed by atoms with Crippen molar-refractivity contribution in [2.24, 2.45) is 5.73 Å². The molecule has 0 aromatic carbocycles. The SMILES string of the molecule is CCCCCCCCCCCCOC(=O)[C@H](C)N.OCCNCCO. The molecule has 0 radical (unpaired) electrons. The Morgan fingerprint density at radius 2 is 1.36 bits per heavy atom. The molecule has 0 spiro atoms. The first kappa shape index (κ1) is 26.5. The van der Waals surface area contributed by atoms with Crippen LogP contribution in [0, 0.1) is 0 Å². The monoisotopic (exact) mass is 362 g/mol. The van der Waals surface area contributed by atoms with Gasteiger partial charge in [0, 0.05) is 13.1 Å². The fraction of sp³-hybridized carbons (Fsp3) is 0.947. The Labute approximate surface area is 154 Å². The molecule has 0 aliphatic carbocycles. The summed E-state index contributed by atoms with van der Waals surface area (Å²) in [5, 5.41) is 19.1. The molecule has 5 N–H and O–H groups in total. The number of nitrogens with two attached hydrogens (primary N) is 1. The van der Waals surface area contributed by atoms with Crippen LogP contribution in [0.1, 0.15) is 78.1 Å². The number of unbranched alkanes of at least 4 members (excludes halogenated alkanes) is 9. The smallest absolute Gasteiger partial charge is 0.322 e. The minimum absolute atomic E-state index is 0.139. The number of rotatable bonds is 16. The molecule has 0 rings (SSSR count). The van der Waals surface area contributed by atoms with E-state index < -0.39 is 6.04 Å². The topological polar surface area (TPSA) is 105 Å². The van der Waals surface area contributed by atoms with E-state index >= 15 is 0 Å². The van der Waals surface area contributed by atoms with Gasteiger partial charge < -0.3 is 26.0 Å². The van der Waals surface area contributed by atoms with Crippen molar-refractivity contribution in [3.8, 4) is 0 Å². The van der Waals surface area contributed by atoms with Crippen molar-refractivity contribution in [2.45, 2.75) is 84.1 Å². The van der Waals surface area contributed by atoms with Crippen LogP contribution < -0.4 is 11.1 Å². The van der Waals surface area contributed by atoms with Crippen molar-refractivity contribution in [2.75, 3.05) is 32.9 Å². The maximum atomic E-state index is 11.1. The van der Waals surface area contributed by atoms with Crippen molar-refractivity contribution in [3.05, 3.63) is 0 Å². The average molecular weight is 363 g/mol. The predicted molar refractivity (Wildman–Crippen MR) is 103 cm³/mol. The third-order valence-electron chi connectivity index (χ3n) is 3.69. The van der Waals surface area contributed by atoms with Crippen molar-refractivity contribution in [1.29, 1.82) is 0 Å². The fourth-order valence-electron chi connectivity index (χ4n) is 2.18. The molecule has 0 saturated heterocycles. The number of hydrogen-bond donors (Lipinski definition) is 4. The highest BCUT2D eigenvalue weighted by Gasteiger charge is 2.07. The highest BCUT2D eigenvalue weighted by atomic mass is 16.5. The third-order valence-corrected chi connectivity index (χ3v) is 3.69. The molecule has 0 amide bonds. The summed E-state index contributed by atoms with van der Waals surface area (Å²) in [4.78, 5) is 11.1. The molecule has 25 heavy (non-hydrogen) atoms. The minimum atomic E-state index is -0.492. The van der Waals surface area contributed by atoms with Gasteiger partial charge in [-0.2, -0.15) is 0 Å². The van der Waals surface area contributed by atoms with Crippen molar-refractivity contribution < 1.29 is 19.7 Å². The molecule has 0 aliphatic heterocycles. The van der Waals surface area contributed by atoms with Crippen LogP contribution in [0.2, 0.25) is 0 Å². The Bertz CT molecular complexity index is 260. The maximum absolute atomic E-state index is 11.1. The second-order valence-corrected chi connectivity index (χ2v) is 6.34. The van der Waals surface area contributed by atoms with E-state index in [1.807, 2.05) is 0 Å². The molecule has 0 aromatic heterocycles. The summed E-state index contributed by atoms with van der Waals surface area (Å²) < 4.78 is 5.01. The Kier molecular flexibility index (Phi) is 24.7. The maximum Gasteiger partial charge on any atom is 0.322 e. The lowest BCUT2D eigenvalue weighted by Gasteiger charge is -2.06. The van der Waals surface area contributed by atoms with Gasteiger partial charge in [-0.3, -0.25) is 4.79 Å². The van der Waals surface area contributed by atoms with Crippen molar-refractivity contribution >= 4 is 5.97 Å². The summed E-state index contributed by atoms with van der Waals surface area (Å²) in [7, 11) is 0. The van der Waals surface area contributed by atoms with Gasteiger partial charge in [-0.25, -0.2) is 0 Å². The van der Waals surface area contributed by atoms with Gasteiger partial charge in [-0.05, 0) is 13.3 Å². The van der Waals surface area contributed by atoms with Gasteiger partial charge in [-0.1, -0.05) is 64.7 Å². The molecular weight excluding hydrogens is 320 g/mol. The Morgan fingerprint density at radius 3 is 1.76 bits per heavy atom. The Balaban J connectivity index is 0.